The highest BCUT2D eigenvalue weighted by atomic mass is 35.5. The number of aromatic nitrogens is 2. The molecular formula is C14H15ClF2N2. The summed E-state index contributed by atoms with van der Waals surface area (Å²) in [5.41, 5.74) is 0.720. The molecule has 2 nitrogen and oxygen atoms in total. The minimum Gasteiger partial charge on any atom is -0.327 e. The molecule has 19 heavy (non-hydrogen) atoms. The number of halogens is 3. The second kappa shape index (κ2) is 5.08. The first-order valence-corrected chi connectivity index (χ1v) is 7.12. The van der Waals surface area contributed by atoms with E-state index < -0.39 is 11.6 Å². The molecule has 0 N–H and O–H groups in total. The van der Waals surface area contributed by atoms with Crippen molar-refractivity contribution in [3.8, 4) is 0 Å². The van der Waals surface area contributed by atoms with Crippen molar-refractivity contribution in [2.45, 2.75) is 38.1 Å². The van der Waals surface area contributed by atoms with Gasteiger partial charge in [-0.25, -0.2) is 13.8 Å². The fraction of sp³-hybridized carbons (Fsp3) is 0.500. The number of rotatable bonds is 4. The maximum absolute atomic E-state index is 13.7. The smallest absolute Gasteiger partial charge is 0.153 e. The van der Waals surface area contributed by atoms with Crippen molar-refractivity contribution in [2.24, 2.45) is 5.92 Å². The molecule has 0 spiro atoms. The molecule has 1 aromatic carbocycles. The Morgan fingerprint density at radius 3 is 2.74 bits per heavy atom. The summed E-state index contributed by atoms with van der Waals surface area (Å²) in [5, 5.41) is 0. The molecule has 3 rings (SSSR count). The van der Waals surface area contributed by atoms with Crippen LogP contribution in [-0.2, 0) is 12.4 Å². The Labute approximate surface area is 115 Å². The van der Waals surface area contributed by atoms with Crippen LogP contribution in [0.25, 0.3) is 11.0 Å². The van der Waals surface area contributed by atoms with E-state index in [0.717, 1.165) is 24.9 Å². The molecule has 5 heteroatoms. The van der Waals surface area contributed by atoms with Gasteiger partial charge in [0.05, 0.1) is 11.4 Å². The Bertz CT molecular complexity index is 605. The second-order valence-corrected chi connectivity index (χ2v) is 5.42. The van der Waals surface area contributed by atoms with Crippen molar-refractivity contribution >= 4 is 22.6 Å². The number of imidazole rings is 1. The summed E-state index contributed by atoms with van der Waals surface area (Å²) in [5.74, 6) is 0.361. The monoisotopic (exact) mass is 284 g/mol. The van der Waals surface area contributed by atoms with Crippen molar-refractivity contribution in [1.82, 2.24) is 9.55 Å². The summed E-state index contributed by atoms with van der Waals surface area (Å²) in [4.78, 5) is 4.18. The Morgan fingerprint density at radius 1 is 1.32 bits per heavy atom. The molecule has 1 saturated carbocycles. The largest absolute Gasteiger partial charge is 0.327 e. The van der Waals surface area contributed by atoms with Gasteiger partial charge in [-0.1, -0.05) is 19.3 Å². The number of aryl methyl sites for hydroxylation is 1. The van der Waals surface area contributed by atoms with Gasteiger partial charge in [0, 0.05) is 12.6 Å². The van der Waals surface area contributed by atoms with E-state index in [1.54, 1.807) is 0 Å². The number of hydrogen-bond donors (Lipinski definition) is 0. The van der Waals surface area contributed by atoms with Gasteiger partial charge in [-0.05, 0) is 18.4 Å². The van der Waals surface area contributed by atoms with E-state index in [9.17, 15) is 8.78 Å². The Balaban J connectivity index is 1.99. The van der Waals surface area contributed by atoms with Crippen molar-refractivity contribution in [3.63, 3.8) is 0 Å². The van der Waals surface area contributed by atoms with Crippen molar-refractivity contribution < 1.29 is 8.78 Å². The van der Waals surface area contributed by atoms with Gasteiger partial charge < -0.3 is 4.57 Å². The van der Waals surface area contributed by atoms with Crippen LogP contribution in [0.1, 0.15) is 31.5 Å². The highest BCUT2D eigenvalue weighted by Gasteiger charge is 2.19. The maximum atomic E-state index is 13.7. The molecule has 1 aliphatic carbocycles. The SMILES string of the molecule is Fc1cc(F)c2nc(CCl)n(CCC3CCC3)c2c1. The molecular weight excluding hydrogens is 270 g/mol. The Kier molecular flexibility index (Phi) is 3.44. The normalized spacial score (nSPS) is 15.9. The molecule has 1 aromatic heterocycles. The van der Waals surface area contributed by atoms with Gasteiger partial charge in [0.1, 0.15) is 17.2 Å². The van der Waals surface area contributed by atoms with E-state index >= 15 is 0 Å². The van der Waals surface area contributed by atoms with Crippen LogP contribution in [0.4, 0.5) is 8.78 Å². The van der Waals surface area contributed by atoms with Crippen LogP contribution in [0.3, 0.4) is 0 Å². The average molecular weight is 285 g/mol. The zero-order chi connectivity index (χ0) is 13.4. The lowest BCUT2D eigenvalue weighted by Gasteiger charge is -2.25. The minimum absolute atomic E-state index is 0.209. The van der Waals surface area contributed by atoms with Crippen LogP contribution in [0, 0.1) is 17.6 Å². The van der Waals surface area contributed by atoms with Gasteiger partial charge >= 0.3 is 0 Å². The van der Waals surface area contributed by atoms with Crippen molar-refractivity contribution in [1.29, 1.82) is 0 Å². The molecule has 0 radical (unpaired) electrons. The summed E-state index contributed by atoms with van der Waals surface area (Å²) in [6.07, 6.45) is 4.82. The first kappa shape index (κ1) is 12.9. The fourth-order valence-corrected chi connectivity index (χ4v) is 2.85. The summed E-state index contributed by atoms with van der Waals surface area (Å²) in [6, 6.07) is 2.20. The van der Waals surface area contributed by atoms with Crippen LogP contribution in [0.15, 0.2) is 12.1 Å². The van der Waals surface area contributed by atoms with Gasteiger partial charge in [-0.2, -0.15) is 0 Å². The zero-order valence-electron chi connectivity index (χ0n) is 10.5. The van der Waals surface area contributed by atoms with Gasteiger partial charge in [0.15, 0.2) is 5.82 Å². The summed E-state index contributed by atoms with van der Waals surface area (Å²) >= 11 is 5.86. The molecule has 0 unspecified atom stereocenters. The first-order chi connectivity index (χ1) is 9.19. The standard InChI is InChI=1S/C14H15ClF2N2/c15-8-13-18-14-11(17)6-10(16)7-12(14)19(13)5-4-9-2-1-3-9/h6-7,9H,1-5,8H2. The molecule has 0 aliphatic heterocycles. The Morgan fingerprint density at radius 2 is 2.11 bits per heavy atom. The van der Waals surface area contributed by atoms with E-state index in [1.807, 2.05) is 4.57 Å². The third-order valence-corrected chi connectivity index (χ3v) is 4.20. The number of hydrogen-bond acceptors (Lipinski definition) is 1. The summed E-state index contributed by atoms with van der Waals surface area (Å²) < 4.78 is 28.9. The molecule has 0 atom stereocenters. The van der Waals surface area contributed by atoms with Gasteiger partial charge in [0.2, 0.25) is 0 Å². The lowest BCUT2D eigenvalue weighted by Crippen LogP contribution is -2.14. The lowest BCUT2D eigenvalue weighted by atomic mass is 9.83. The molecule has 102 valence electrons. The van der Waals surface area contributed by atoms with E-state index in [-0.39, 0.29) is 11.4 Å². The molecule has 1 heterocycles. The van der Waals surface area contributed by atoms with E-state index in [2.05, 4.69) is 4.98 Å². The second-order valence-electron chi connectivity index (χ2n) is 5.15. The van der Waals surface area contributed by atoms with Gasteiger partial charge in [0.25, 0.3) is 0 Å². The van der Waals surface area contributed by atoms with Crippen LogP contribution in [0.2, 0.25) is 0 Å². The molecule has 0 saturated heterocycles. The van der Waals surface area contributed by atoms with E-state index in [4.69, 9.17) is 11.6 Å². The number of nitrogens with zero attached hydrogens (tertiary/aromatic N) is 2. The van der Waals surface area contributed by atoms with Gasteiger partial charge in [-0.15, -0.1) is 11.6 Å². The lowest BCUT2D eigenvalue weighted by molar-refractivity contribution is 0.282. The zero-order valence-corrected chi connectivity index (χ0v) is 11.3. The maximum Gasteiger partial charge on any atom is 0.153 e. The molecule has 1 fully saturated rings. The van der Waals surface area contributed by atoms with Crippen LogP contribution in [0.5, 0.6) is 0 Å². The summed E-state index contributed by atoms with van der Waals surface area (Å²) in [7, 11) is 0. The molecule has 0 bridgehead atoms. The van der Waals surface area contributed by atoms with Crippen LogP contribution >= 0.6 is 11.6 Å². The number of benzene rings is 1. The third kappa shape index (κ3) is 2.34. The van der Waals surface area contributed by atoms with Crippen molar-refractivity contribution in [3.05, 3.63) is 29.6 Å². The molecule has 1 aliphatic rings. The quantitative estimate of drug-likeness (QED) is 0.768. The third-order valence-electron chi connectivity index (χ3n) is 3.96. The average Bonchev–Trinajstić information content (AvgIpc) is 2.66. The summed E-state index contributed by atoms with van der Waals surface area (Å²) in [6.45, 7) is 0.728. The van der Waals surface area contributed by atoms with E-state index in [1.165, 1.54) is 25.3 Å². The Hall–Kier alpha value is -1.16. The number of alkyl halides is 1. The van der Waals surface area contributed by atoms with Crippen molar-refractivity contribution in [2.75, 3.05) is 0 Å². The minimum atomic E-state index is -0.622. The van der Waals surface area contributed by atoms with Gasteiger partial charge in [-0.3, -0.25) is 0 Å². The number of fused-ring (bicyclic) bond motifs is 1. The first-order valence-electron chi connectivity index (χ1n) is 6.59. The fourth-order valence-electron chi connectivity index (χ4n) is 2.64. The van der Waals surface area contributed by atoms with E-state index in [0.29, 0.717) is 11.3 Å². The van der Waals surface area contributed by atoms with Crippen LogP contribution in [-0.4, -0.2) is 9.55 Å². The topological polar surface area (TPSA) is 17.8 Å². The van der Waals surface area contributed by atoms with Crippen LogP contribution < -0.4 is 0 Å². The highest BCUT2D eigenvalue weighted by molar-refractivity contribution is 6.16. The predicted molar refractivity (Wildman–Crippen MR) is 71.2 cm³/mol. The molecule has 0 amide bonds. The highest BCUT2D eigenvalue weighted by Crippen LogP contribution is 2.31. The predicted octanol–water partition coefficient (Wildman–Crippen LogP) is 4.24. The molecule has 2 aromatic rings.